The molecule has 1 amide bonds. The number of benzene rings is 1. The van der Waals surface area contributed by atoms with E-state index in [-0.39, 0.29) is 25.0 Å². The Morgan fingerprint density at radius 3 is 2.79 bits per heavy atom. The van der Waals surface area contributed by atoms with Crippen LogP contribution in [0.25, 0.3) is 0 Å². The van der Waals surface area contributed by atoms with Crippen molar-refractivity contribution >= 4 is 40.4 Å². The molecule has 34 heavy (non-hydrogen) atoms. The van der Waals surface area contributed by atoms with Crippen LogP contribution in [-0.4, -0.2) is 61.5 Å². The van der Waals surface area contributed by atoms with Gasteiger partial charge in [-0.2, -0.15) is 0 Å². The van der Waals surface area contributed by atoms with E-state index in [0.29, 0.717) is 34.6 Å². The molecule has 4 rings (SSSR count). The number of methoxy groups -OCH3 is 1. The lowest BCUT2D eigenvalue weighted by molar-refractivity contribution is -0.141. The number of carbonyl (C=O) groups is 2. The molecule has 1 aromatic carbocycles. The Hall–Kier alpha value is -2.33. The third-order valence-corrected chi connectivity index (χ3v) is 6.96. The first kappa shape index (κ1) is 24.8. The van der Waals surface area contributed by atoms with Crippen LogP contribution in [0.2, 0.25) is 5.02 Å². The highest BCUT2D eigenvalue weighted by Gasteiger charge is 2.41. The molecule has 0 spiro atoms. The maximum atomic E-state index is 13.1. The summed E-state index contributed by atoms with van der Waals surface area (Å²) in [7, 11) is 1.55. The van der Waals surface area contributed by atoms with Gasteiger partial charge in [-0.25, -0.2) is 9.79 Å². The summed E-state index contributed by atoms with van der Waals surface area (Å²) in [4.78, 5) is 32.5. The van der Waals surface area contributed by atoms with Gasteiger partial charge in [0.05, 0.1) is 36.4 Å². The predicted molar refractivity (Wildman–Crippen MR) is 131 cm³/mol. The number of halogens is 1. The number of esters is 1. The molecule has 0 aromatic heterocycles. The fourth-order valence-electron chi connectivity index (χ4n) is 4.15. The van der Waals surface area contributed by atoms with Crippen molar-refractivity contribution in [1.82, 2.24) is 10.2 Å². The van der Waals surface area contributed by atoms with Gasteiger partial charge in [0.15, 0.2) is 5.17 Å². The zero-order valence-corrected chi connectivity index (χ0v) is 20.8. The molecule has 3 heterocycles. The van der Waals surface area contributed by atoms with Crippen LogP contribution in [0, 0.1) is 0 Å². The molecular formula is C24H28ClN3O5S. The first-order chi connectivity index (χ1) is 16.5. The van der Waals surface area contributed by atoms with Crippen molar-refractivity contribution in [3.8, 4) is 0 Å². The molecule has 10 heteroatoms. The van der Waals surface area contributed by atoms with Crippen LogP contribution in [-0.2, 0) is 23.8 Å². The SMILES string of the molecule is COCCOC(=O)C1=C(C)N=C2SC=C(CC(=O)NCC3CCCO3)N2C1c1ccc(Cl)cc1. The zero-order chi connectivity index (χ0) is 24.1. The van der Waals surface area contributed by atoms with Gasteiger partial charge in [0.1, 0.15) is 6.61 Å². The van der Waals surface area contributed by atoms with Crippen LogP contribution in [0.4, 0.5) is 0 Å². The lowest BCUT2D eigenvalue weighted by Gasteiger charge is -2.36. The fraction of sp³-hybridized carbons (Fsp3) is 0.458. The van der Waals surface area contributed by atoms with Crippen molar-refractivity contribution in [2.75, 3.05) is 33.5 Å². The summed E-state index contributed by atoms with van der Waals surface area (Å²) in [6, 6.07) is 6.83. The second kappa shape index (κ2) is 11.4. The van der Waals surface area contributed by atoms with Gasteiger partial charge in [-0.1, -0.05) is 35.5 Å². The molecule has 0 bridgehead atoms. The largest absolute Gasteiger partial charge is 0.460 e. The minimum Gasteiger partial charge on any atom is -0.460 e. The minimum atomic E-state index is -0.493. The second-order valence-electron chi connectivity index (χ2n) is 8.19. The summed E-state index contributed by atoms with van der Waals surface area (Å²) in [5, 5.41) is 6.20. The van der Waals surface area contributed by atoms with Crippen molar-refractivity contribution in [3.05, 3.63) is 57.2 Å². The van der Waals surface area contributed by atoms with Crippen LogP contribution in [0.15, 0.2) is 51.6 Å². The van der Waals surface area contributed by atoms with Gasteiger partial charge < -0.3 is 24.4 Å². The summed E-state index contributed by atoms with van der Waals surface area (Å²) in [5.41, 5.74) is 2.63. The Balaban J connectivity index is 1.57. The number of allylic oxidation sites excluding steroid dienone is 1. The number of aliphatic imine (C=N–C) groups is 1. The molecule has 8 nitrogen and oxygen atoms in total. The monoisotopic (exact) mass is 505 g/mol. The van der Waals surface area contributed by atoms with Gasteiger partial charge in [0, 0.05) is 31.0 Å². The Bertz CT molecular complexity index is 1020. The van der Waals surface area contributed by atoms with Gasteiger partial charge >= 0.3 is 5.97 Å². The van der Waals surface area contributed by atoms with E-state index in [2.05, 4.69) is 10.3 Å². The number of hydrogen-bond acceptors (Lipinski definition) is 8. The van der Waals surface area contributed by atoms with Crippen LogP contribution in [0.5, 0.6) is 0 Å². The van der Waals surface area contributed by atoms with Crippen molar-refractivity contribution in [1.29, 1.82) is 0 Å². The van der Waals surface area contributed by atoms with Crippen molar-refractivity contribution < 1.29 is 23.8 Å². The van der Waals surface area contributed by atoms with E-state index in [9.17, 15) is 9.59 Å². The zero-order valence-electron chi connectivity index (χ0n) is 19.2. The molecule has 0 radical (unpaired) electrons. The molecule has 0 aliphatic carbocycles. The number of amides is 1. The summed E-state index contributed by atoms with van der Waals surface area (Å²) in [6.07, 6.45) is 2.21. The highest BCUT2D eigenvalue weighted by atomic mass is 35.5. The summed E-state index contributed by atoms with van der Waals surface area (Å²) in [5.74, 6) is -0.565. The van der Waals surface area contributed by atoms with Gasteiger partial charge in [-0.3, -0.25) is 4.79 Å². The number of hydrogen-bond donors (Lipinski definition) is 1. The number of nitrogens with zero attached hydrogens (tertiary/aromatic N) is 2. The lowest BCUT2D eigenvalue weighted by Crippen LogP contribution is -2.39. The second-order valence-corrected chi connectivity index (χ2v) is 9.46. The van der Waals surface area contributed by atoms with Crippen molar-refractivity contribution in [2.45, 2.75) is 38.3 Å². The molecule has 1 fully saturated rings. The van der Waals surface area contributed by atoms with Crippen LogP contribution in [0.3, 0.4) is 0 Å². The highest BCUT2D eigenvalue weighted by molar-refractivity contribution is 8.16. The standard InChI is InChI=1S/C24H28ClN3O5S/c1-15-21(23(30)33-11-10-31-2)22(16-5-7-17(25)8-6-16)28-18(14-34-24(28)27-15)12-20(29)26-13-19-4-3-9-32-19/h5-8,14,19,22H,3-4,9-13H2,1-2H3,(H,26,29). The number of ether oxygens (including phenoxy) is 3. The van der Waals surface area contributed by atoms with Crippen molar-refractivity contribution in [3.63, 3.8) is 0 Å². The Labute approximate surface area is 208 Å². The van der Waals surface area contributed by atoms with E-state index < -0.39 is 12.0 Å². The van der Waals surface area contributed by atoms with Crippen LogP contribution in [0.1, 0.15) is 37.8 Å². The summed E-state index contributed by atoms with van der Waals surface area (Å²) >= 11 is 7.56. The van der Waals surface area contributed by atoms with Gasteiger partial charge in [-0.15, -0.1) is 0 Å². The smallest absolute Gasteiger partial charge is 0.338 e. The molecule has 1 aromatic rings. The average molecular weight is 506 g/mol. The number of fused-ring (bicyclic) bond motifs is 1. The maximum absolute atomic E-state index is 13.1. The van der Waals surface area contributed by atoms with Gasteiger partial charge in [0.2, 0.25) is 5.91 Å². The topological polar surface area (TPSA) is 89.5 Å². The number of amidine groups is 1. The van der Waals surface area contributed by atoms with Crippen LogP contribution >= 0.6 is 23.4 Å². The average Bonchev–Trinajstić information content (AvgIpc) is 3.48. The molecule has 2 atom stereocenters. The number of carbonyl (C=O) groups excluding carboxylic acids is 2. The Morgan fingerprint density at radius 1 is 1.29 bits per heavy atom. The first-order valence-electron chi connectivity index (χ1n) is 11.2. The molecule has 2 unspecified atom stereocenters. The van der Waals surface area contributed by atoms with E-state index in [1.807, 2.05) is 22.4 Å². The minimum absolute atomic E-state index is 0.0730. The molecule has 1 saturated heterocycles. The third-order valence-electron chi connectivity index (χ3n) is 5.82. The first-order valence-corrected chi connectivity index (χ1v) is 12.5. The highest BCUT2D eigenvalue weighted by Crippen LogP contribution is 2.45. The fourth-order valence-corrected chi connectivity index (χ4v) is 5.24. The van der Waals surface area contributed by atoms with E-state index in [1.165, 1.54) is 11.8 Å². The molecule has 1 N–H and O–H groups in total. The molecule has 3 aliphatic rings. The maximum Gasteiger partial charge on any atom is 0.338 e. The third kappa shape index (κ3) is 5.66. The van der Waals surface area contributed by atoms with Crippen molar-refractivity contribution in [2.24, 2.45) is 4.99 Å². The normalized spacial score (nSPS) is 21.8. The molecular weight excluding hydrogens is 478 g/mol. The van der Waals surface area contributed by atoms with E-state index in [1.54, 1.807) is 26.2 Å². The lowest BCUT2D eigenvalue weighted by atomic mass is 9.94. The van der Waals surface area contributed by atoms with Gasteiger partial charge in [0.25, 0.3) is 0 Å². The molecule has 182 valence electrons. The Morgan fingerprint density at radius 2 is 2.09 bits per heavy atom. The van der Waals surface area contributed by atoms with E-state index in [4.69, 9.17) is 25.8 Å². The molecule has 0 saturated carbocycles. The van der Waals surface area contributed by atoms with Crippen LogP contribution < -0.4 is 5.32 Å². The summed E-state index contributed by atoms with van der Waals surface area (Å²) in [6.45, 7) is 3.48. The Kier molecular flexibility index (Phi) is 8.31. The number of thioether (sulfide) groups is 1. The molecule has 3 aliphatic heterocycles. The van der Waals surface area contributed by atoms with E-state index in [0.717, 1.165) is 30.7 Å². The van der Waals surface area contributed by atoms with E-state index >= 15 is 0 Å². The number of nitrogens with one attached hydrogen (secondary N) is 1. The van der Waals surface area contributed by atoms with Gasteiger partial charge in [-0.05, 0) is 42.9 Å². The summed E-state index contributed by atoms with van der Waals surface area (Å²) < 4.78 is 16.1. The predicted octanol–water partition coefficient (Wildman–Crippen LogP) is 3.79. The quantitative estimate of drug-likeness (QED) is 0.403. The number of rotatable bonds is 9.